The van der Waals surface area contributed by atoms with Gasteiger partial charge in [0.2, 0.25) is 12.7 Å². The maximum atomic E-state index is 13.9. The fourth-order valence-electron chi connectivity index (χ4n) is 4.62. The van der Waals surface area contributed by atoms with Gasteiger partial charge in [0.15, 0.2) is 11.5 Å². The summed E-state index contributed by atoms with van der Waals surface area (Å²) in [7, 11) is 0. The second kappa shape index (κ2) is 14.0. The zero-order chi connectivity index (χ0) is 28.3. The van der Waals surface area contributed by atoms with Gasteiger partial charge in [-0.1, -0.05) is 86.5 Å². The molecule has 0 spiro atoms. The Kier molecular flexibility index (Phi) is 9.99. The lowest BCUT2D eigenvalue weighted by molar-refractivity contribution is -0.137. The molecule has 3 amide bonds. The van der Waals surface area contributed by atoms with Crippen molar-refractivity contribution in [3.05, 3.63) is 95.6 Å². The normalized spacial score (nSPS) is 13.2. The van der Waals surface area contributed by atoms with Crippen molar-refractivity contribution in [3.8, 4) is 11.5 Å². The predicted octanol–water partition coefficient (Wildman–Crippen LogP) is 5.02. The summed E-state index contributed by atoms with van der Waals surface area (Å²) in [4.78, 5) is 40.5. The van der Waals surface area contributed by atoms with Gasteiger partial charge in [-0.2, -0.15) is 0 Å². The molecule has 1 aliphatic rings. The highest BCUT2D eigenvalue weighted by atomic mass is 16.7. The van der Waals surface area contributed by atoms with E-state index >= 15 is 0 Å². The summed E-state index contributed by atoms with van der Waals surface area (Å²) in [6, 6.07) is 22.3. The van der Waals surface area contributed by atoms with Crippen LogP contribution in [0.4, 0.5) is 4.79 Å². The van der Waals surface area contributed by atoms with Crippen molar-refractivity contribution in [1.82, 2.24) is 15.5 Å². The predicted molar refractivity (Wildman–Crippen MR) is 150 cm³/mol. The monoisotopic (exact) mass is 545 g/mol. The Bertz CT molecular complexity index is 1240. The van der Waals surface area contributed by atoms with Crippen molar-refractivity contribution in [1.29, 1.82) is 0 Å². The first-order valence-electron chi connectivity index (χ1n) is 13.5. The van der Waals surface area contributed by atoms with Crippen LogP contribution in [0.2, 0.25) is 0 Å². The van der Waals surface area contributed by atoms with Crippen molar-refractivity contribution in [2.45, 2.75) is 57.8 Å². The van der Waals surface area contributed by atoms with Gasteiger partial charge in [-0.25, -0.2) is 4.79 Å². The molecule has 1 aliphatic heterocycles. The highest BCUT2D eigenvalue weighted by molar-refractivity contribution is 5.87. The Balaban J connectivity index is 1.52. The van der Waals surface area contributed by atoms with Crippen molar-refractivity contribution >= 4 is 17.9 Å². The fraction of sp³-hybridized carbons (Fsp3) is 0.323. The number of carbonyl (C=O) groups excluding carboxylic acids is 2. The summed E-state index contributed by atoms with van der Waals surface area (Å²) < 4.78 is 10.8. The number of nitrogens with one attached hydrogen (secondary N) is 2. The summed E-state index contributed by atoms with van der Waals surface area (Å²) >= 11 is 0. The van der Waals surface area contributed by atoms with E-state index in [1.165, 1.54) is 0 Å². The van der Waals surface area contributed by atoms with E-state index < -0.39 is 24.1 Å². The quantitative estimate of drug-likeness (QED) is 0.278. The van der Waals surface area contributed by atoms with Crippen LogP contribution in [0.25, 0.3) is 0 Å². The van der Waals surface area contributed by atoms with E-state index in [2.05, 4.69) is 10.6 Å². The Hall–Kier alpha value is -4.53. The van der Waals surface area contributed by atoms with Crippen molar-refractivity contribution in [2.75, 3.05) is 6.79 Å². The van der Waals surface area contributed by atoms with Crippen molar-refractivity contribution in [3.63, 3.8) is 0 Å². The molecular weight excluding hydrogens is 510 g/mol. The lowest BCUT2D eigenvalue weighted by atomic mass is 10.0. The van der Waals surface area contributed by atoms with Crippen LogP contribution in [-0.2, 0) is 22.7 Å². The minimum Gasteiger partial charge on any atom is -0.481 e. The van der Waals surface area contributed by atoms with Crippen LogP contribution in [0.3, 0.4) is 0 Å². The summed E-state index contributed by atoms with van der Waals surface area (Å²) in [5.74, 6) is -0.222. The molecule has 0 aromatic heterocycles. The number of fused-ring (bicyclic) bond motifs is 1. The van der Waals surface area contributed by atoms with Gasteiger partial charge < -0.3 is 30.1 Å². The van der Waals surface area contributed by atoms with E-state index in [0.717, 1.165) is 24.0 Å². The molecule has 0 aliphatic carbocycles. The number of amides is 3. The highest BCUT2D eigenvalue weighted by Crippen LogP contribution is 2.34. The highest BCUT2D eigenvalue weighted by Gasteiger charge is 2.28. The van der Waals surface area contributed by atoms with Crippen LogP contribution in [-0.4, -0.2) is 40.7 Å². The number of urea groups is 1. The molecule has 1 heterocycles. The Labute approximate surface area is 234 Å². The molecule has 9 heteroatoms. The van der Waals surface area contributed by atoms with Crippen LogP contribution in [0.15, 0.2) is 78.9 Å². The maximum Gasteiger partial charge on any atom is 0.315 e. The van der Waals surface area contributed by atoms with Gasteiger partial charge in [0.25, 0.3) is 0 Å². The molecule has 0 radical (unpaired) electrons. The van der Waals surface area contributed by atoms with Gasteiger partial charge in [-0.15, -0.1) is 0 Å². The number of aliphatic carboxylic acids is 1. The molecule has 0 fully saturated rings. The fourth-order valence-corrected chi connectivity index (χ4v) is 4.62. The number of benzene rings is 3. The first-order valence-corrected chi connectivity index (χ1v) is 13.5. The van der Waals surface area contributed by atoms with E-state index in [1.54, 1.807) is 23.1 Å². The molecule has 3 N–H and O–H groups in total. The lowest BCUT2D eigenvalue weighted by Crippen LogP contribution is -2.51. The van der Waals surface area contributed by atoms with E-state index in [-0.39, 0.29) is 19.1 Å². The summed E-state index contributed by atoms with van der Waals surface area (Å²) in [6.07, 6.45) is 1.70. The van der Waals surface area contributed by atoms with Crippen molar-refractivity contribution in [2.24, 2.45) is 0 Å². The summed E-state index contributed by atoms with van der Waals surface area (Å²) in [6.45, 7) is 2.88. The average Bonchev–Trinajstić information content (AvgIpc) is 3.43. The minimum atomic E-state index is -1.07. The molecule has 9 nitrogen and oxygen atoms in total. The number of hydrogen-bond acceptors (Lipinski definition) is 5. The molecule has 0 saturated heterocycles. The third-order valence-corrected chi connectivity index (χ3v) is 6.68. The number of carboxylic acid groups (broad SMARTS) is 1. The summed E-state index contributed by atoms with van der Waals surface area (Å²) in [5.41, 5.74) is 2.53. The Morgan fingerprint density at radius 2 is 1.50 bits per heavy atom. The molecule has 0 unspecified atom stereocenters. The lowest BCUT2D eigenvalue weighted by Gasteiger charge is -2.29. The van der Waals surface area contributed by atoms with Crippen LogP contribution < -0.4 is 20.1 Å². The summed E-state index contributed by atoms with van der Waals surface area (Å²) in [5, 5.41) is 15.1. The molecule has 4 rings (SSSR count). The zero-order valence-electron chi connectivity index (χ0n) is 22.5. The van der Waals surface area contributed by atoms with E-state index in [4.69, 9.17) is 9.47 Å². The Morgan fingerprint density at radius 3 is 2.10 bits per heavy atom. The van der Waals surface area contributed by atoms with E-state index in [9.17, 15) is 19.5 Å². The molecule has 0 bridgehead atoms. The second-order valence-electron chi connectivity index (χ2n) is 9.74. The van der Waals surface area contributed by atoms with E-state index in [1.807, 2.05) is 67.6 Å². The van der Waals surface area contributed by atoms with Crippen LogP contribution in [0.1, 0.15) is 55.3 Å². The number of rotatable bonds is 13. The number of carbonyl (C=O) groups is 3. The third-order valence-electron chi connectivity index (χ3n) is 6.68. The largest absolute Gasteiger partial charge is 0.481 e. The molecule has 3 aromatic carbocycles. The molecule has 210 valence electrons. The molecule has 3 aromatic rings. The minimum absolute atomic E-state index is 0.0833. The number of carboxylic acids is 1. The van der Waals surface area contributed by atoms with Crippen LogP contribution in [0, 0.1) is 0 Å². The van der Waals surface area contributed by atoms with Gasteiger partial charge in [0.05, 0.1) is 12.5 Å². The Morgan fingerprint density at radius 1 is 0.875 bits per heavy atom. The smallest absolute Gasteiger partial charge is 0.315 e. The third kappa shape index (κ3) is 7.99. The molecule has 2 atom stereocenters. The first-order chi connectivity index (χ1) is 19.4. The SMILES string of the molecule is CCCC[C@H](NC(=O)N[C@@H](CC(=O)O)c1ccc2c(c1)OCO2)C(=O)N(Cc1ccccc1)Cc1ccccc1. The average molecular weight is 546 g/mol. The van der Waals surface area contributed by atoms with Gasteiger partial charge in [0, 0.05) is 13.1 Å². The molecule has 40 heavy (non-hydrogen) atoms. The standard InChI is InChI=1S/C31H35N3O6/c1-2-3-14-25(30(37)34(19-22-10-6-4-7-11-22)20-23-12-8-5-9-13-23)32-31(38)33-26(18-29(35)36)24-15-16-27-28(17-24)40-21-39-27/h4-13,15-17,25-26H,2-3,14,18-21H2,1H3,(H,35,36)(H2,32,33,38)/t25-,26-/m0/s1. The topological polar surface area (TPSA) is 117 Å². The van der Waals surface area contributed by atoms with Gasteiger partial charge >= 0.3 is 12.0 Å². The van der Waals surface area contributed by atoms with Gasteiger partial charge in [-0.3, -0.25) is 9.59 Å². The number of hydrogen-bond donors (Lipinski definition) is 3. The molecule has 0 saturated carbocycles. The number of nitrogens with zero attached hydrogens (tertiary/aromatic N) is 1. The van der Waals surface area contributed by atoms with Crippen molar-refractivity contribution < 1.29 is 29.0 Å². The first kappa shape index (κ1) is 28.5. The maximum absolute atomic E-state index is 13.9. The number of ether oxygens (including phenoxy) is 2. The second-order valence-corrected chi connectivity index (χ2v) is 9.74. The van der Waals surface area contributed by atoms with Crippen LogP contribution >= 0.6 is 0 Å². The van der Waals surface area contributed by atoms with Gasteiger partial charge in [-0.05, 0) is 35.2 Å². The number of unbranched alkanes of at least 4 members (excludes halogenated alkanes) is 1. The van der Waals surface area contributed by atoms with Crippen LogP contribution in [0.5, 0.6) is 11.5 Å². The molecular formula is C31H35N3O6. The van der Waals surface area contributed by atoms with Gasteiger partial charge in [0.1, 0.15) is 6.04 Å². The van der Waals surface area contributed by atoms with E-state index in [0.29, 0.717) is 36.6 Å². The zero-order valence-corrected chi connectivity index (χ0v) is 22.5.